The van der Waals surface area contributed by atoms with Crippen LogP contribution in [0.5, 0.6) is 5.75 Å². The third-order valence-corrected chi connectivity index (χ3v) is 3.49. The minimum atomic E-state index is 0.00333. The predicted molar refractivity (Wildman–Crippen MR) is 87.1 cm³/mol. The zero-order valence-electron chi connectivity index (χ0n) is 12.7. The maximum atomic E-state index is 6.20. The third kappa shape index (κ3) is 2.92. The average molecular weight is 280 g/mol. The lowest BCUT2D eigenvalue weighted by Crippen LogP contribution is -2.32. The van der Waals surface area contributed by atoms with E-state index in [9.17, 15) is 0 Å². The molecule has 1 atom stereocenters. The van der Waals surface area contributed by atoms with Crippen LogP contribution in [0, 0.1) is 6.92 Å². The van der Waals surface area contributed by atoms with Crippen LogP contribution in [0.1, 0.15) is 31.1 Å². The van der Waals surface area contributed by atoms with E-state index in [4.69, 9.17) is 4.74 Å². The van der Waals surface area contributed by atoms with Gasteiger partial charge in [0.2, 0.25) is 0 Å². The zero-order chi connectivity index (χ0) is 14.8. The monoisotopic (exact) mass is 280 g/mol. The molecule has 0 bridgehead atoms. The van der Waals surface area contributed by atoms with Gasteiger partial charge in [-0.25, -0.2) is 0 Å². The summed E-state index contributed by atoms with van der Waals surface area (Å²) in [6.07, 6.45) is 0.00333. The van der Waals surface area contributed by atoms with Crippen LogP contribution in [0.4, 0.5) is 5.69 Å². The molecule has 108 valence electrons. The Morgan fingerprint density at radius 1 is 1.14 bits per heavy atom. The van der Waals surface area contributed by atoms with Crippen molar-refractivity contribution in [2.45, 2.75) is 26.9 Å². The van der Waals surface area contributed by atoms with Crippen molar-refractivity contribution in [3.63, 3.8) is 0 Å². The summed E-state index contributed by atoms with van der Waals surface area (Å²) in [6, 6.07) is 16.6. The van der Waals surface area contributed by atoms with Crippen molar-refractivity contribution in [1.29, 1.82) is 0 Å². The van der Waals surface area contributed by atoms with Gasteiger partial charge in [0, 0.05) is 5.71 Å². The predicted octanol–water partition coefficient (Wildman–Crippen LogP) is 4.33. The van der Waals surface area contributed by atoms with Gasteiger partial charge in [-0.2, -0.15) is 5.10 Å². The van der Waals surface area contributed by atoms with Crippen molar-refractivity contribution < 1.29 is 4.74 Å². The number of anilines is 1. The van der Waals surface area contributed by atoms with Crippen molar-refractivity contribution in [3.8, 4) is 5.75 Å². The van der Waals surface area contributed by atoms with Crippen molar-refractivity contribution >= 4 is 11.4 Å². The highest BCUT2D eigenvalue weighted by Gasteiger charge is 2.26. The normalized spacial score (nSPS) is 16.9. The quantitative estimate of drug-likeness (QED) is 0.765. The number of rotatable bonds is 2. The highest BCUT2D eigenvalue weighted by atomic mass is 16.5. The Bertz CT molecular complexity index is 660. The van der Waals surface area contributed by atoms with Gasteiger partial charge in [-0.3, -0.25) is 5.01 Å². The molecule has 0 amide bonds. The molecule has 0 aromatic heterocycles. The first kappa shape index (κ1) is 13.7. The summed E-state index contributed by atoms with van der Waals surface area (Å²) in [5.74, 6) is 0.903. The van der Waals surface area contributed by atoms with Crippen molar-refractivity contribution in [2.75, 3.05) is 11.6 Å². The summed E-state index contributed by atoms with van der Waals surface area (Å²) in [5.41, 5.74) is 4.45. The summed E-state index contributed by atoms with van der Waals surface area (Å²) in [7, 11) is 0. The van der Waals surface area contributed by atoms with Crippen LogP contribution >= 0.6 is 0 Å². The smallest absolute Gasteiger partial charge is 0.145 e. The van der Waals surface area contributed by atoms with E-state index in [1.807, 2.05) is 37.1 Å². The van der Waals surface area contributed by atoms with E-state index in [1.165, 1.54) is 11.1 Å². The molecule has 2 aromatic carbocycles. The number of fused-ring (bicyclic) bond motifs is 1. The molecule has 1 unspecified atom stereocenters. The summed E-state index contributed by atoms with van der Waals surface area (Å²) in [5, 5.41) is 6.70. The van der Waals surface area contributed by atoms with Crippen LogP contribution in [-0.4, -0.2) is 12.3 Å². The van der Waals surface area contributed by atoms with Gasteiger partial charge in [0.1, 0.15) is 17.5 Å². The highest BCUT2D eigenvalue weighted by molar-refractivity contribution is 5.80. The average Bonchev–Trinajstić information content (AvgIpc) is 2.47. The lowest BCUT2D eigenvalue weighted by molar-refractivity contribution is 0.197. The Hall–Kier alpha value is -2.29. The lowest BCUT2D eigenvalue weighted by Gasteiger charge is -2.33. The van der Waals surface area contributed by atoms with Crippen molar-refractivity contribution in [3.05, 3.63) is 59.7 Å². The van der Waals surface area contributed by atoms with Crippen LogP contribution in [-0.2, 0) is 0 Å². The van der Waals surface area contributed by atoms with Crippen LogP contribution in [0.15, 0.2) is 53.6 Å². The van der Waals surface area contributed by atoms with Gasteiger partial charge < -0.3 is 4.74 Å². The van der Waals surface area contributed by atoms with E-state index in [0.29, 0.717) is 0 Å². The molecule has 0 spiro atoms. The molecule has 1 aliphatic heterocycles. The van der Waals surface area contributed by atoms with Crippen LogP contribution in [0.25, 0.3) is 0 Å². The van der Waals surface area contributed by atoms with E-state index >= 15 is 0 Å². The van der Waals surface area contributed by atoms with Gasteiger partial charge in [0.05, 0.1) is 6.54 Å². The van der Waals surface area contributed by atoms with Gasteiger partial charge in [-0.15, -0.1) is 0 Å². The molecule has 0 fully saturated rings. The molecule has 3 nitrogen and oxygen atoms in total. The molecule has 21 heavy (non-hydrogen) atoms. The van der Waals surface area contributed by atoms with E-state index in [-0.39, 0.29) is 6.10 Å². The van der Waals surface area contributed by atoms with Crippen molar-refractivity contribution in [2.24, 2.45) is 5.10 Å². The number of hydrazone groups is 1. The lowest BCUT2D eigenvalue weighted by atomic mass is 10.1. The largest absolute Gasteiger partial charge is 0.482 e. The first-order valence-corrected chi connectivity index (χ1v) is 7.25. The summed E-state index contributed by atoms with van der Waals surface area (Å²) < 4.78 is 6.20. The first-order chi connectivity index (χ1) is 10.1. The molecular formula is C18H20N2O. The standard InChI is InChI=1S/C18H20N2O/c1-13(2)19-20-12-18(15-7-5-4-6-8-15)21-17-11-14(3)9-10-16(17)20/h4-11,18H,12H2,1-3H3. The maximum Gasteiger partial charge on any atom is 0.145 e. The van der Waals surface area contributed by atoms with Gasteiger partial charge in [0.15, 0.2) is 0 Å². The second kappa shape index (κ2) is 5.60. The van der Waals surface area contributed by atoms with Crippen molar-refractivity contribution in [1.82, 2.24) is 0 Å². The second-order valence-corrected chi connectivity index (χ2v) is 5.62. The fourth-order valence-corrected chi connectivity index (χ4v) is 2.55. The van der Waals surface area contributed by atoms with Crippen LogP contribution in [0.3, 0.4) is 0 Å². The molecule has 3 rings (SSSR count). The molecule has 0 radical (unpaired) electrons. The summed E-state index contributed by atoms with van der Waals surface area (Å²) >= 11 is 0. The Morgan fingerprint density at radius 3 is 2.62 bits per heavy atom. The summed E-state index contributed by atoms with van der Waals surface area (Å²) in [4.78, 5) is 0. The van der Waals surface area contributed by atoms with Crippen LogP contribution in [0.2, 0.25) is 0 Å². The number of hydrogen-bond donors (Lipinski definition) is 0. The molecule has 1 aliphatic rings. The van der Waals surface area contributed by atoms with Gasteiger partial charge in [-0.05, 0) is 44.0 Å². The molecule has 0 N–H and O–H groups in total. The maximum absolute atomic E-state index is 6.20. The number of benzene rings is 2. The Kier molecular flexibility index (Phi) is 3.65. The number of aryl methyl sites for hydroxylation is 1. The first-order valence-electron chi connectivity index (χ1n) is 7.25. The minimum absolute atomic E-state index is 0.00333. The van der Waals surface area contributed by atoms with Gasteiger partial charge >= 0.3 is 0 Å². The molecular weight excluding hydrogens is 260 g/mol. The Balaban J connectivity index is 2.01. The van der Waals surface area contributed by atoms with Gasteiger partial charge in [0.25, 0.3) is 0 Å². The number of hydrogen-bond acceptors (Lipinski definition) is 3. The zero-order valence-corrected chi connectivity index (χ0v) is 12.7. The molecule has 2 aromatic rings. The van der Waals surface area contributed by atoms with E-state index < -0.39 is 0 Å². The molecule has 0 aliphatic carbocycles. The Morgan fingerprint density at radius 2 is 1.90 bits per heavy atom. The Labute approximate surface area is 125 Å². The van der Waals surface area contributed by atoms with Crippen LogP contribution < -0.4 is 9.75 Å². The topological polar surface area (TPSA) is 24.8 Å². The van der Waals surface area contributed by atoms with E-state index in [2.05, 4.69) is 42.4 Å². The highest BCUT2D eigenvalue weighted by Crippen LogP contribution is 2.38. The number of nitrogens with zero attached hydrogens (tertiary/aromatic N) is 2. The molecule has 0 saturated carbocycles. The third-order valence-electron chi connectivity index (χ3n) is 3.49. The van der Waals surface area contributed by atoms with Gasteiger partial charge in [-0.1, -0.05) is 36.4 Å². The fourth-order valence-electron chi connectivity index (χ4n) is 2.55. The fraction of sp³-hybridized carbons (Fsp3) is 0.278. The number of ether oxygens (including phenoxy) is 1. The second-order valence-electron chi connectivity index (χ2n) is 5.62. The van der Waals surface area contributed by atoms with E-state index in [0.717, 1.165) is 23.7 Å². The molecule has 0 saturated heterocycles. The SMILES string of the molecule is CC(C)=NN1CC(c2ccccc2)Oc2cc(C)ccc21. The molecule has 1 heterocycles. The summed E-state index contributed by atoms with van der Waals surface area (Å²) in [6.45, 7) is 6.83. The minimum Gasteiger partial charge on any atom is -0.482 e. The van der Waals surface area contributed by atoms with E-state index in [1.54, 1.807) is 0 Å². The molecule has 3 heteroatoms.